The molecule has 0 bridgehead atoms. The third-order valence-corrected chi connectivity index (χ3v) is 7.69. The number of amides is 1. The van der Waals surface area contributed by atoms with Crippen molar-refractivity contribution in [2.75, 3.05) is 57.5 Å². The van der Waals surface area contributed by atoms with E-state index in [4.69, 9.17) is 9.47 Å². The highest BCUT2D eigenvalue weighted by Gasteiger charge is 2.25. The molecular weight excluding hydrogens is 515 g/mol. The van der Waals surface area contributed by atoms with Crippen LogP contribution in [-0.2, 0) is 22.6 Å². The van der Waals surface area contributed by atoms with E-state index in [2.05, 4.69) is 17.2 Å². The molecule has 216 valence electrons. The molecule has 2 aliphatic rings. The van der Waals surface area contributed by atoms with Crippen LogP contribution in [0.15, 0.2) is 29.3 Å². The van der Waals surface area contributed by atoms with Gasteiger partial charge in [-0.15, -0.1) is 5.10 Å². The van der Waals surface area contributed by atoms with Gasteiger partial charge in [-0.1, -0.05) is 44.2 Å². The summed E-state index contributed by atoms with van der Waals surface area (Å²) < 4.78 is 29.9. The Morgan fingerprint density at radius 3 is 2.40 bits per heavy atom. The Bertz CT molecular complexity index is 1360. The summed E-state index contributed by atoms with van der Waals surface area (Å²) in [5.74, 6) is -0.854. The maximum Gasteiger partial charge on any atom is 0.259 e. The molecule has 0 atom stereocenters. The third-order valence-electron chi connectivity index (χ3n) is 7.69. The fraction of sp³-hybridized carbons (Fsp3) is 0.586. The lowest BCUT2D eigenvalue weighted by atomic mass is 10.1. The molecule has 0 spiro atoms. The number of carbonyl (C=O) groups is 1. The quantitative estimate of drug-likeness (QED) is 0.335. The van der Waals surface area contributed by atoms with E-state index in [0.29, 0.717) is 76.0 Å². The van der Waals surface area contributed by atoms with Crippen molar-refractivity contribution in [3.05, 3.63) is 51.8 Å². The highest BCUT2D eigenvalue weighted by atomic mass is 19.1. The number of pyridine rings is 1. The lowest BCUT2D eigenvalue weighted by molar-refractivity contribution is 0.0301. The maximum atomic E-state index is 15.4. The monoisotopic (exact) mass is 554 g/mol. The second-order valence-electron chi connectivity index (χ2n) is 10.6. The number of ether oxygens (including phenoxy) is 2. The summed E-state index contributed by atoms with van der Waals surface area (Å²) in [6.07, 6.45) is 10.7. The Hall–Kier alpha value is -3.31. The average Bonchev–Trinajstić information content (AvgIpc) is 3.43. The van der Waals surface area contributed by atoms with Crippen molar-refractivity contribution in [1.29, 1.82) is 0 Å². The van der Waals surface area contributed by atoms with Crippen LogP contribution in [-0.4, -0.2) is 83.0 Å². The molecule has 0 aliphatic carbocycles. The zero-order valence-electron chi connectivity index (χ0n) is 23.3. The van der Waals surface area contributed by atoms with Gasteiger partial charge in [0, 0.05) is 44.3 Å². The number of morpholine rings is 2. The van der Waals surface area contributed by atoms with Crippen LogP contribution in [0.3, 0.4) is 0 Å². The molecule has 40 heavy (non-hydrogen) atoms. The van der Waals surface area contributed by atoms with Crippen LogP contribution >= 0.6 is 0 Å². The number of fused-ring (bicyclic) bond motifs is 1. The first-order valence-electron chi connectivity index (χ1n) is 14.5. The molecule has 3 aromatic rings. The fourth-order valence-corrected chi connectivity index (χ4v) is 5.41. The van der Waals surface area contributed by atoms with Crippen molar-refractivity contribution in [2.45, 2.75) is 58.5 Å². The fourth-order valence-electron chi connectivity index (χ4n) is 5.41. The zero-order valence-corrected chi connectivity index (χ0v) is 23.3. The molecule has 2 aromatic heterocycles. The third kappa shape index (κ3) is 6.52. The first kappa shape index (κ1) is 28.2. The average molecular weight is 555 g/mol. The Kier molecular flexibility index (Phi) is 9.43. The minimum absolute atomic E-state index is 0.0207. The smallest absolute Gasteiger partial charge is 0.259 e. The number of benzene rings is 1. The minimum Gasteiger partial charge on any atom is -0.378 e. The van der Waals surface area contributed by atoms with E-state index in [1.807, 2.05) is 20.3 Å². The van der Waals surface area contributed by atoms with Crippen molar-refractivity contribution in [1.82, 2.24) is 24.5 Å². The number of aryl methyl sites for hydroxylation is 1. The predicted octanol–water partition coefficient (Wildman–Crippen LogP) is 3.45. The molecule has 11 heteroatoms. The molecule has 4 heterocycles. The molecule has 2 saturated heterocycles. The molecule has 5 rings (SSSR count). The SMILES string of the molecule is CCCCCCCCn1cc(Cn2cc(C(=O)N3CCOCC3)c(=O)c3cc(F)c(N4CCOCC4)cc32)nn1. The number of hydrogen-bond donors (Lipinski definition) is 0. The van der Waals surface area contributed by atoms with Crippen molar-refractivity contribution in [2.24, 2.45) is 0 Å². The molecule has 10 nitrogen and oxygen atoms in total. The summed E-state index contributed by atoms with van der Waals surface area (Å²) in [5.41, 5.74) is 1.23. The van der Waals surface area contributed by atoms with Crippen molar-refractivity contribution in [3.63, 3.8) is 0 Å². The van der Waals surface area contributed by atoms with Gasteiger partial charge in [-0.2, -0.15) is 0 Å². The van der Waals surface area contributed by atoms with Crippen LogP contribution in [0.25, 0.3) is 10.9 Å². The summed E-state index contributed by atoms with van der Waals surface area (Å²) in [7, 11) is 0. The largest absolute Gasteiger partial charge is 0.378 e. The summed E-state index contributed by atoms with van der Waals surface area (Å²) in [5, 5.41) is 8.84. The molecule has 0 radical (unpaired) electrons. The normalized spacial score (nSPS) is 16.1. The van der Waals surface area contributed by atoms with Crippen LogP contribution in [0, 0.1) is 5.82 Å². The molecule has 1 aromatic carbocycles. The van der Waals surface area contributed by atoms with Crippen molar-refractivity contribution < 1.29 is 18.7 Å². The number of aromatic nitrogens is 4. The maximum absolute atomic E-state index is 15.4. The van der Waals surface area contributed by atoms with Gasteiger partial charge in [0.15, 0.2) is 0 Å². The Balaban J connectivity index is 1.45. The number of hydrogen-bond acceptors (Lipinski definition) is 7. The minimum atomic E-state index is -0.487. The number of rotatable bonds is 11. The van der Waals surface area contributed by atoms with Gasteiger partial charge in [-0.3, -0.25) is 14.3 Å². The van der Waals surface area contributed by atoms with E-state index in [-0.39, 0.29) is 16.9 Å². The first-order valence-corrected chi connectivity index (χ1v) is 14.5. The van der Waals surface area contributed by atoms with Gasteiger partial charge in [0.05, 0.1) is 50.4 Å². The highest BCUT2D eigenvalue weighted by Crippen LogP contribution is 2.27. The molecule has 0 N–H and O–H groups in total. The van der Waals surface area contributed by atoms with Crippen molar-refractivity contribution in [3.8, 4) is 0 Å². The summed E-state index contributed by atoms with van der Waals surface area (Å²) >= 11 is 0. The van der Waals surface area contributed by atoms with Gasteiger partial charge in [0.1, 0.15) is 17.1 Å². The van der Waals surface area contributed by atoms with Gasteiger partial charge in [0.25, 0.3) is 5.91 Å². The topological polar surface area (TPSA) is 94.7 Å². The van der Waals surface area contributed by atoms with Crippen LogP contribution in [0.2, 0.25) is 0 Å². The summed E-state index contributed by atoms with van der Waals surface area (Å²) in [4.78, 5) is 30.5. The Morgan fingerprint density at radius 2 is 1.65 bits per heavy atom. The van der Waals surface area contributed by atoms with Gasteiger partial charge in [-0.05, 0) is 18.6 Å². The van der Waals surface area contributed by atoms with Crippen LogP contribution in [0.4, 0.5) is 10.1 Å². The van der Waals surface area contributed by atoms with E-state index in [1.165, 1.54) is 31.7 Å². The lowest BCUT2D eigenvalue weighted by Crippen LogP contribution is -2.42. The highest BCUT2D eigenvalue weighted by molar-refractivity contribution is 5.98. The Morgan fingerprint density at radius 1 is 0.950 bits per heavy atom. The predicted molar refractivity (Wildman–Crippen MR) is 150 cm³/mol. The first-order chi connectivity index (χ1) is 19.5. The molecule has 0 saturated carbocycles. The van der Waals surface area contributed by atoms with Crippen LogP contribution in [0.5, 0.6) is 0 Å². The molecule has 1 amide bonds. The van der Waals surface area contributed by atoms with Gasteiger partial charge < -0.3 is 23.8 Å². The summed E-state index contributed by atoms with van der Waals surface area (Å²) in [6.45, 7) is 7.12. The number of carbonyl (C=O) groups excluding carboxylic acids is 1. The standard InChI is InChI=1S/C29H39FN6O4/c1-2-3-4-5-6-7-8-36-20-22(31-32-36)19-35-21-24(29(38)34-11-15-40-16-12-34)28(37)23-17-25(30)27(18-26(23)35)33-9-13-39-14-10-33/h17-18,20-21H,2-16,19H2,1H3. The second kappa shape index (κ2) is 13.4. The second-order valence-corrected chi connectivity index (χ2v) is 10.6. The number of nitrogens with zero attached hydrogens (tertiary/aromatic N) is 6. The van der Waals surface area contributed by atoms with Crippen LogP contribution < -0.4 is 10.3 Å². The molecular formula is C29H39FN6O4. The number of anilines is 1. The van der Waals surface area contributed by atoms with Gasteiger partial charge in [-0.25, -0.2) is 4.39 Å². The van der Waals surface area contributed by atoms with E-state index in [9.17, 15) is 9.59 Å². The molecule has 2 fully saturated rings. The van der Waals surface area contributed by atoms with E-state index >= 15 is 4.39 Å². The van der Waals surface area contributed by atoms with Crippen LogP contribution in [0.1, 0.15) is 61.5 Å². The molecule has 0 unspecified atom stereocenters. The summed E-state index contributed by atoms with van der Waals surface area (Å²) in [6, 6.07) is 2.98. The zero-order chi connectivity index (χ0) is 27.9. The Labute approximate surface area is 233 Å². The van der Waals surface area contributed by atoms with E-state index in [1.54, 1.807) is 17.2 Å². The van der Waals surface area contributed by atoms with E-state index in [0.717, 1.165) is 19.4 Å². The number of unbranched alkanes of at least 4 members (excludes halogenated alkanes) is 5. The van der Waals surface area contributed by atoms with Crippen molar-refractivity contribution >= 4 is 22.5 Å². The lowest BCUT2D eigenvalue weighted by Gasteiger charge is -2.30. The number of halogens is 1. The van der Waals surface area contributed by atoms with Gasteiger partial charge in [0.2, 0.25) is 5.43 Å². The molecule has 2 aliphatic heterocycles. The van der Waals surface area contributed by atoms with E-state index < -0.39 is 11.2 Å². The van der Waals surface area contributed by atoms with Gasteiger partial charge >= 0.3 is 0 Å².